The van der Waals surface area contributed by atoms with Gasteiger partial charge in [-0.25, -0.2) is 0 Å². The van der Waals surface area contributed by atoms with Crippen LogP contribution in [0.25, 0.3) is 10.9 Å². The van der Waals surface area contributed by atoms with Crippen molar-refractivity contribution in [3.63, 3.8) is 0 Å². The van der Waals surface area contributed by atoms with Crippen LogP contribution >= 0.6 is 0 Å². The Kier molecular flexibility index (Phi) is 5.30. The van der Waals surface area contributed by atoms with Gasteiger partial charge >= 0.3 is 0 Å². The number of fused-ring (bicyclic) bond motifs is 1. The van der Waals surface area contributed by atoms with Crippen LogP contribution in [0.4, 0.5) is 0 Å². The highest BCUT2D eigenvalue weighted by Gasteiger charge is 2.46. The number of carbonyl (C=O) groups is 2. The molecule has 4 rings (SSSR count). The lowest BCUT2D eigenvalue weighted by molar-refractivity contribution is -0.131. The van der Waals surface area contributed by atoms with Gasteiger partial charge in [-0.2, -0.15) is 0 Å². The number of aromatic nitrogens is 1. The van der Waals surface area contributed by atoms with E-state index in [0.717, 1.165) is 23.7 Å². The van der Waals surface area contributed by atoms with E-state index >= 15 is 0 Å². The Bertz CT molecular complexity index is 973. The number of nitrogens with zero attached hydrogens (tertiary/aromatic N) is 2. The van der Waals surface area contributed by atoms with Crippen LogP contribution in [0.5, 0.6) is 0 Å². The van der Waals surface area contributed by atoms with Crippen molar-refractivity contribution in [2.24, 2.45) is 11.8 Å². The minimum Gasteiger partial charge on any atom is -0.360 e. The van der Waals surface area contributed by atoms with Crippen LogP contribution in [0.2, 0.25) is 0 Å². The Morgan fingerprint density at radius 3 is 2.67 bits per heavy atom. The van der Waals surface area contributed by atoms with E-state index in [-0.39, 0.29) is 17.8 Å². The zero-order valence-electron chi connectivity index (χ0n) is 18.0. The van der Waals surface area contributed by atoms with Crippen LogP contribution in [-0.2, 0) is 4.79 Å². The Hall–Kier alpha value is -2.83. The van der Waals surface area contributed by atoms with Crippen molar-refractivity contribution >= 4 is 28.7 Å². The third-order valence-corrected chi connectivity index (χ3v) is 6.36. The number of carbonyl (C=O) groups excluding carboxylic acids is 2. The fourth-order valence-electron chi connectivity index (χ4n) is 4.91. The topological polar surface area (TPSA) is 92.3 Å². The predicted molar refractivity (Wildman–Crippen MR) is 117 cm³/mol. The summed E-state index contributed by atoms with van der Waals surface area (Å²) < 4.78 is 0. The first-order valence-corrected chi connectivity index (χ1v) is 10.8. The lowest BCUT2D eigenvalue weighted by Gasteiger charge is -2.33. The SMILES string of the molecule is CC(C)CC1(C)NC(=N)N(CC2CCN(C(=O)c3c[nH]c4ccccc34)CC2)C1=O. The molecule has 30 heavy (non-hydrogen) atoms. The fourth-order valence-corrected chi connectivity index (χ4v) is 4.91. The number of likely N-dealkylation sites (tertiary alicyclic amines) is 1. The lowest BCUT2D eigenvalue weighted by atomic mass is 9.90. The maximum atomic E-state index is 13.0. The van der Waals surface area contributed by atoms with Crippen LogP contribution in [0.3, 0.4) is 0 Å². The van der Waals surface area contributed by atoms with E-state index in [0.29, 0.717) is 43.5 Å². The monoisotopic (exact) mass is 409 g/mol. The van der Waals surface area contributed by atoms with Gasteiger partial charge in [0, 0.05) is 36.7 Å². The predicted octanol–water partition coefficient (Wildman–Crippen LogP) is 3.19. The molecule has 2 aliphatic heterocycles. The van der Waals surface area contributed by atoms with Crippen LogP contribution in [0, 0.1) is 17.2 Å². The highest BCUT2D eigenvalue weighted by Crippen LogP contribution is 2.28. The van der Waals surface area contributed by atoms with E-state index in [2.05, 4.69) is 24.1 Å². The van der Waals surface area contributed by atoms with Crippen molar-refractivity contribution in [3.8, 4) is 0 Å². The third-order valence-electron chi connectivity index (χ3n) is 6.36. The van der Waals surface area contributed by atoms with Crippen molar-refractivity contribution in [1.29, 1.82) is 5.41 Å². The summed E-state index contributed by atoms with van der Waals surface area (Å²) in [5, 5.41) is 12.3. The average molecular weight is 410 g/mol. The Morgan fingerprint density at radius 2 is 1.97 bits per heavy atom. The number of hydrogen-bond donors (Lipinski definition) is 3. The minimum absolute atomic E-state index is 0.00139. The van der Waals surface area contributed by atoms with Crippen LogP contribution in [0.1, 0.15) is 50.4 Å². The summed E-state index contributed by atoms with van der Waals surface area (Å²) in [7, 11) is 0. The molecule has 7 nitrogen and oxygen atoms in total. The maximum Gasteiger partial charge on any atom is 0.256 e. The van der Waals surface area contributed by atoms with Gasteiger partial charge in [0.25, 0.3) is 11.8 Å². The number of guanidine groups is 1. The second-order valence-electron chi connectivity index (χ2n) is 9.30. The molecule has 2 aromatic rings. The summed E-state index contributed by atoms with van der Waals surface area (Å²) in [6, 6.07) is 7.85. The number of nitrogens with one attached hydrogen (secondary N) is 3. The van der Waals surface area contributed by atoms with Gasteiger partial charge < -0.3 is 15.2 Å². The van der Waals surface area contributed by atoms with E-state index in [9.17, 15) is 9.59 Å². The van der Waals surface area contributed by atoms with Crippen molar-refractivity contribution in [2.75, 3.05) is 19.6 Å². The summed E-state index contributed by atoms with van der Waals surface area (Å²) in [6.07, 6.45) is 4.19. The minimum atomic E-state index is -0.683. The number of H-pyrrole nitrogens is 1. The molecule has 2 amide bonds. The largest absolute Gasteiger partial charge is 0.360 e. The molecule has 1 aromatic heterocycles. The number of benzene rings is 1. The molecule has 7 heteroatoms. The van der Waals surface area contributed by atoms with Gasteiger partial charge in [0.05, 0.1) is 5.56 Å². The first-order valence-electron chi connectivity index (χ1n) is 10.8. The highest BCUT2D eigenvalue weighted by molar-refractivity contribution is 6.08. The number of rotatable bonds is 5. The van der Waals surface area contributed by atoms with Gasteiger partial charge in [-0.05, 0) is 44.1 Å². The van der Waals surface area contributed by atoms with E-state index in [4.69, 9.17) is 5.41 Å². The number of hydrogen-bond acceptors (Lipinski definition) is 3. The van der Waals surface area contributed by atoms with Crippen molar-refractivity contribution in [3.05, 3.63) is 36.0 Å². The second-order valence-corrected chi connectivity index (χ2v) is 9.30. The molecule has 160 valence electrons. The Labute approximate surface area is 177 Å². The molecule has 2 saturated heterocycles. The molecule has 0 spiro atoms. The van der Waals surface area contributed by atoms with Gasteiger partial charge in [-0.3, -0.25) is 19.9 Å². The van der Waals surface area contributed by atoms with E-state index < -0.39 is 5.54 Å². The molecule has 2 aliphatic rings. The molecule has 0 bridgehead atoms. The number of amides is 2. The highest BCUT2D eigenvalue weighted by atomic mass is 16.2. The first-order chi connectivity index (χ1) is 14.3. The quantitative estimate of drug-likeness (QED) is 0.708. The Balaban J connectivity index is 1.36. The zero-order valence-corrected chi connectivity index (χ0v) is 18.0. The van der Waals surface area contributed by atoms with Gasteiger partial charge in [0.15, 0.2) is 5.96 Å². The molecule has 0 radical (unpaired) electrons. The maximum absolute atomic E-state index is 13.0. The van der Waals surface area contributed by atoms with Gasteiger partial charge in [-0.1, -0.05) is 32.0 Å². The van der Waals surface area contributed by atoms with Crippen molar-refractivity contribution < 1.29 is 9.59 Å². The van der Waals surface area contributed by atoms with Gasteiger partial charge in [0.1, 0.15) is 5.54 Å². The summed E-state index contributed by atoms with van der Waals surface area (Å²) in [4.78, 5) is 32.7. The molecule has 1 aromatic carbocycles. The smallest absolute Gasteiger partial charge is 0.256 e. The summed E-state index contributed by atoms with van der Waals surface area (Å²) in [5.74, 6) is 0.934. The molecule has 0 aliphatic carbocycles. The molecule has 3 heterocycles. The standard InChI is InChI=1S/C23H31N5O2/c1-15(2)12-23(3)21(30)28(22(24)26-23)14-16-8-10-27(11-9-16)20(29)18-13-25-19-7-5-4-6-17(18)19/h4-7,13,15-16,25H,8-12,14H2,1-3H3,(H2,24,26). The van der Waals surface area contributed by atoms with Gasteiger partial charge in [0.2, 0.25) is 0 Å². The molecule has 1 atom stereocenters. The molecular weight excluding hydrogens is 378 g/mol. The van der Waals surface area contributed by atoms with Crippen molar-refractivity contribution in [1.82, 2.24) is 20.1 Å². The van der Waals surface area contributed by atoms with E-state index in [1.807, 2.05) is 36.1 Å². The number of piperidine rings is 1. The van der Waals surface area contributed by atoms with E-state index in [1.165, 1.54) is 0 Å². The average Bonchev–Trinajstić information content (AvgIpc) is 3.22. The fraction of sp³-hybridized carbons (Fsp3) is 0.522. The molecule has 3 N–H and O–H groups in total. The summed E-state index contributed by atoms with van der Waals surface area (Å²) in [6.45, 7) is 7.98. The summed E-state index contributed by atoms with van der Waals surface area (Å²) >= 11 is 0. The number of para-hydroxylation sites is 1. The molecule has 0 saturated carbocycles. The van der Waals surface area contributed by atoms with Crippen LogP contribution in [-0.4, -0.2) is 57.7 Å². The van der Waals surface area contributed by atoms with Crippen LogP contribution in [0.15, 0.2) is 30.5 Å². The molecular formula is C23H31N5O2. The van der Waals surface area contributed by atoms with Crippen molar-refractivity contribution in [2.45, 2.75) is 45.6 Å². The van der Waals surface area contributed by atoms with E-state index in [1.54, 1.807) is 11.1 Å². The molecule has 1 unspecified atom stereocenters. The first kappa shape index (κ1) is 20.4. The Morgan fingerprint density at radius 1 is 1.27 bits per heavy atom. The third kappa shape index (κ3) is 3.68. The van der Waals surface area contributed by atoms with Gasteiger partial charge in [-0.15, -0.1) is 0 Å². The number of aromatic amines is 1. The lowest BCUT2D eigenvalue weighted by Crippen LogP contribution is -2.46. The summed E-state index contributed by atoms with van der Waals surface area (Å²) in [5.41, 5.74) is 1.00. The normalized spacial score (nSPS) is 22.9. The van der Waals surface area contributed by atoms with Crippen LogP contribution < -0.4 is 5.32 Å². The zero-order chi connectivity index (χ0) is 21.5. The second kappa shape index (κ2) is 7.78. The molecule has 2 fully saturated rings.